The molecule has 22 heavy (non-hydrogen) atoms. The molecule has 0 bridgehead atoms. The summed E-state index contributed by atoms with van der Waals surface area (Å²) in [6, 6.07) is 13.7. The highest BCUT2D eigenvalue weighted by Gasteiger charge is 2.15. The van der Waals surface area contributed by atoms with Crippen molar-refractivity contribution in [1.29, 1.82) is 0 Å². The van der Waals surface area contributed by atoms with Crippen LogP contribution in [0, 0.1) is 0 Å². The molecule has 5 heteroatoms. The van der Waals surface area contributed by atoms with Crippen LogP contribution in [0.5, 0.6) is 11.5 Å². The van der Waals surface area contributed by atoms with Gasteiger partial charge in [-0.25, -0.2) is 0 Å². The lowest BCUT2D eigenvalue weighted by molar-refractivity contribution is 0.0512. The van der Waals surface area contributed by atoms with E-state index in [-0.39, 0.29) is 12.6 Å². The number of benzene rings is 2. The van der Waals surface area contributed by atoms with Gasteiger partial charge in [-0.1, -0.05) is 30.3 Å². The van der Waals surface area contributed by atoms with E-state index in [9.17, 15) is 9.90 Å². The molecule has 1 heterocycles. The van der Waals surface area contributed by atoms with Crippen LogP contribution in [0.4, 0.5) is 0 Å². The zero-order chi connectivity index (χ0) is 15.5. The summed E-state index contributed by atoms with van der Waals surface area (Å²) in [5.74, 6) is 0.258. The maximum absolute atomic E-state index is 12.3. The zero-order valence-electron chi connectivity index (χ0n) is 11.9. The van der Waals surface area contributed by atoms with Gasteiger partial charge in [0.15, 0.2) is 12.6 Å². The van der Waals surface area contributed by atoms with Gasteiger partial charge in [-0.3, -0.25) is 4.79 Å². The molecule has 0 aliphatic heterocycles. The molecule has 3 rings (SSSR count). The molecule has 3 aromatic rings. The number of hydrogen-bond acceptors (Lipinski definition) is 5. The molecule has 0 atom stereocenters. The van der Waals surface area contributed by atoms with Crippen molar-refractivity contribution in [3.05, 3.63) is 58.8 Å². The SMILES string of the molecule is COCOc1ccc2c(=O)c(O)c(-c3ccccc3)oc2c1. The molecule has 0 radical (unpaired) electrons. The first-order chi connectivity index (χ1) is 10.7. The van der Waals surface area contributed by atoms with Crippen LogP contribution in [0.2, 0.25) is 0 Å². The molecule has 0 fully saturated rings. The molecule has 0 unspecified atom stereocenters. The maximum atomic E-state index is 12.3. The molecule has 0 aliphatic carbocycles. The van der Waals surface area contributed by atoms with Crippen molar-refractivity contribution in [3.8, 4) is 22.8 Å². The molecular formula is C17H14O5. The molecule has 5 nitrogen and oxygen atoms in total. The second kappa shape index (κ2) is 5.91. The van der Waals surface area contributed by atoms with Crippen molar-refractivity contribution in [2.75, 3.05) is 13.9 Å². The van der Waals surface area contributed by atoms with Crippen LogP contribution in [0.3, 0.4) is 0 Å². The minimum absolute atomic E-state index is 0.0966. The van der Waals surface area contributed by atoms with Crippen LogP contribution in [-0.4, -0.2) is 19.0 Å². The third-order valence-electron chi connectivity index (χ3n) is 3.22. The lowest BCUT2D eigenvalue weighted by Gasteiger charge is -2.08. The molecule has 1 aromatic heterocycles. The predicted octanol–water partition coefficient (Wildman–Crippen LogP) is 3.15. The van der Waals surface area contributed by atoms with E-state index in [0.29, 0.717) is 22.3 Å². The van der Waals surface area contributed by atoms with Crippen LogP contribution < -0.4 is 10.2 Å². The van der Waals surface area contributed by atoms with E-state index in [1.807, 2.05) is 6.07 Å². The summed E-state index contributed by atoms with van der Waals surface area (Å²) in [7, 11) is 1.52. The van der Waals surface area contributed by atoms with Gasteiger partial charge in [-0.2, -0.15) is 0 Å². The van der Waals surface area contributed by atoms with Crippen LogP contribution in [-0.2, 0) is 4.74 Å². The first kappa shape index (κ1) is 14.2. The van der Waals surface area contributed by atoms with Crippen LogP contribution in [0.1, 0.15) is 0 Å². The van der Waals surface area contributed by atoms with Crippen LogP contribution >= 0.6 is 0 Å². The average Bonchev–Trinajstić information content (AvgIpc) is 2.57. The molecule has 0 aliphatic rings. The molecular weight excluding hydrogens is 284 g/mol. The largest absolute Gasteiger partial charge is 0.502 e. The summed E-state index contributed by atoms with van der Waals surface area (Å²) in [6.07, 6.45) is 0. The van der Waals surface area contributed by atoms with E-state index in [1.54, 1.807) is 42.5 Å². The monoisotopic (exact) mass is 298 g/mol. The van der Waals surface area contributed by atoms with E-state index in [4.69, 9.17) is 13.9 Å². The Bertz CT molecular complexity index is 852. The van der Waals surface area contributed by atoms with Crippen molar-refractivity contribution in [1.82, 2.24) is 0 Å². The van der Waals surface area contributed by atoms with E-state index >= 15 is 0 Å². The number of methoxy groups -OCH3 is 1. The zero-order valence-corrected chi connectivity index (χ0v) is 11.9. The summed E-state index contributed by atoms with van der Waals surface area (Å²) in [6.45, 7) is 0.0966. The molecule has 0 spiro atoms. The van der Waals surface area contributed by atoms with Crippen LogP contribution in [0.15, 0.2) is 57.7 Å². The van der Waals surface area contributed by atoms with Crippen molar-refractivity contribution >= 4 is 11.0 Å². The highest BCUT2D eigenvalue weighted by molar-refractivity contribution is 5.82. The number of aromatic hydroxyl groups is 1. The summed E-state index contributed by atoms with van der Waals surface area (Å²) < 4.78 is 15.9. The van der Waals surface area contributed by atoms with Gasteiger partial charge in [-0.15, -0.1) is 0 Å². The van der Waals surface area contributed by atoms with Gasteiger partial charge < -0.3 is 19.0 Å². The van der Waals surface area contributed by atoms with E-state index in [0.717, 1.165) is 0 Å². The Hall–Kier alpha value is -2.79. The average molecular weight is 298 g/mol. The molecule has 0 amide bonds. The summed E-state index contributed by atoms with van der Waals surface area (Å²) in [4.78, 5) is 12.3. The predicted molar refractivity (Wildman–Crippen MR) is 82.1 cm³/mol. The quantitative estimate of drug-likeness (QED) is 0.749. The van der Waals surface area contributed by atoms with Gasteiger partial charge in [-0.05, 0) is 12.1 Å². The Morgan fingerprint density at radius 3 is 2.64 bits per heavy atom. The normalized spacial score (nSPS) is 10.8. The fraction of sp³-hybridized carbons (Fsp3) is 0.118. The third-order valence-corrected chi connectivity index (χ3v) is 3.22. The van der Waals surface area contributed by atoms with E-state index in [1.165, 1.54) is 7.11 Å². The summed E-state index contributed by atoms with van der Waals surface area (Å²) in [5.41, 5.74) is 0.496. The number of rotatable bonds is 4. The van der Waals surface area contributed by atoms with Crippen molar-refractivity contribution in [3.63, 3.8) is 0 Å². The second-order valence-corrected chi connectivity index (χ2v) is 4.68. The van der Waals surface area contributed by atoms with Crippen LogP contribution in [0.25, 0.3) is 22.3 Å². The van der Waals surface area contributed by atoms with Gasteiger partial charge in [0.1, 0.15) is 11.3 Å². The first-order valence-corrected chi connectivity index (χ1v) is 6.67. The standard InChI is InChI=1S/C17H14O5/c1-20-10-21-12-7-8-13-14(9-12)22-17(16(19)15(13)18)11-5-3-2-4-6-11/h2-9,19H,10H2,1H3. The van der Waals surface area contributed by atoms with Gasteiger partial charge in [0.25, 0.3) is 0 Å². The lowest BCUT2D eigenvalue weighted by Crippen LogP contribution is -2.03. The topological polar surface area (TPSA) is 68.9 Å². The molecule has 112 valence electrons. The van der Waals surface area contributed by atoms with Gasteiger partial charge in [0.05, 0.1) is 5.39 Å². The fourth-order valence-corrected chi connectivity index (χ4v) is 2.17. The molecule has 0 saturated heterocycles. The highest BCUT2D eigenvalue weighted by atomic mass is 16.7. The van der Waals surface area contributed by atoms with Gasteiger partial charge in [0.2, 0.25) is 11.2 Å². The Balaban J connectivity index is 2.18. The van der Waals surface area contributed by atoms with Crippen molar-refractivity contribution < 1.29 is 19.0 Å². The molecule has 0 saturated carbocycles. The lowest BCUT2D eigenvalue weighted by atomic mass is 10.1. The smallest absolute Gasteiger partial charge is 0.235 e. The molecule has 1 N–H and O–H groups in total. The maximum Gasteiger partial charge on any atom is 0.235 e. The molecule has 2 aromatic carbocycles. The van der Waals surface area contributed by atoms with Crippen molar-refractivity contribution in [2.45, 2.75) is 0 Å². The third kappa shape index (κ3) is 2.54. The Morgan fingerprint density at radius 2 is 1.91 bits per heavy atom. The number of hydrogen-bond donors (Lipinski definition) is 1. The van der Waals surface area contributed by atoms with Crippen molar-refractivity contribution in [2.24, 2.45) is 0 Å². The van der Waals surface area contributed by atoms with E-state index < -0.39 is 11.2 Å². The summed E-state index contributed by atoms with van der Waals surface area (Å²) >= 11 is 0. The summed E-state index contributed by atoms with van der Waals surface area (Å²) in [5, 5.41) is 10.4. The minimum Gasteiger partial charge on any atom is -0.502 e. The first-order valence-electron chi connectivity index (χ1n) is 6.67. The van der Waals surface area contributed by atoms with E-state index in [2.05, 4.69) is 0 Å². The fourth-order valence-electron chi connectivity index (χ4n) is 2.17. The second-order valence-electron chi connectivity index (χ2n) is 4.68. The number of fused-ring (bicyclic) bond motifs is 1. The Morgan fingerprint density at radius 1 is 1.14 bits per heavy atom. The Kier molecular flexibility index (Phi) is 3.80. The van der Waals surface area contributed by atoms with Gasteiger partial charge in [0, 0.05) is 18.7 Å². The van der Waals surface area contributed by atoms with Gasteiger partial charge >= 0.3 is 0 Å². The number of ether oxygens (including phenoxy) is 2. The Labute approximate surface area is 126 Å². The highest BCUT2D eigenvalue weighted by Crippen LogP contribution is 2.31. The minimum atomic E-state index is -0.474.